The molecule has 29 heavy (non-hydrogen) atoms. The molecule has 0 saturated carbocycles. The Morgan fingerprint density at radius 2 is 1.59 bits per heavy atom. The standard InChI is InChI=1S/C20H18FNO6S/c21-29(26,27)18-10-22(9-16(18)19(23)24)20(25)28-11-17-14-7-3-1-5-12(14)13-6-2-4-8-15(13)17/h1-8,16-18H,9-11H2,(H,23,24)/t16-,18-/m1/s1. The van der Waals surface area contributed by atoms with Gasteiger partial charge in [-0.2, -0.15) is 8.42 Å². The molecule has 1 N–H and O–H groups in total. The van der Waals surface area contributed by atoms with Crippen LogP contribution in [0.5, 0.6) is 0 Å². The predicted molar refractivity (Wildman–Crippen MR) is 102 cm³/mol. The Balaban J connectivity index is 1.50. The van der Waals surface area contributed by atoms with E-state index in [1.807, 2.05) is 48.5 Å². The summed E-state index contributed by atoms with van der Waals surface area (Å²) in [5, 5.41) is 7.37. The number of carboxylic acids is 1. The molecule has 2 aromatic rings. The van der Waals surface area contributed by atoms with E-state index in [0.29, 0.717) is 0 Å². The topological polar surface area (TPSA) is 101 Å². The van der Waals surface area contributed by atoms with Gasteiger partial charge in [0, 0.05) is 19.0 Å². The smallest absolute Gasteiger partial charge is 0.409 e. The van der Waals surface area contributed by atoms with Crippen LogP contribution in [0.1, 0.15) is 17.0 Å². The Morgan fingerprint density at radius 3 is 2.07 bits per heavy atom. The van der Waals surface area contributed by atoms with Crippen molar-refractivity contribution < 1.29 is 31.7 Å². The second kappa shape index (κ2) is 7.14. The Bertz CT molecular complexity index is 1040. The van der Waals surface area contributed by atoms with Gasteiger partial charge in [-0.3, -0.25) is 4.79 Å². The number of aliphatic carboxylic acids is 1. The maximum Gasteiger partial charge on any atom is 0.409 e. The Hall–Kier alpha value is -2.94. The summed E-state index contributed by atoms with van der Waals surface area (Å²) in [6, 6.07) is 15.5. The molecule has 4 rings (SSSR count). The molecule has 1 fully saturated rings. The van der Waals surface area contributed by atoms with Crippen molar-refractivity contribution in [3.8, 4) is 11.1 Å². The molecule has 0 bridgehead atoms. The van der Waals surface area contributed by atoms with Crippen LogP contribution >= 0.6 is 0 Å². The normalized spacial score (nSPS) is 20.9. The van der Waals surface area contributed by atoms with E-state index in [2.05, 4.69) is 0 Å². The molecule has 2 aromatic carbocycles. The minimum atomic E-state index is -5.10. The molecule has 1 amide bonds. The fourth-order valence-corrected chi connectivity index (χ4v) is 5.08. The van der Waals surface area contributed by atoms with Crippen LogP contribution < -0.4 is 0 Å². The van der Waals surface area contributed by atoms with Gasteiger partial charge in [0.15, 0.2) is 0 Å². The van der Waals surface area contributed by atoms with Crippen molar-refractivity contribution >= 4 is 22.3 Å². The van der Waals surface area contributed by atoms with Gasteiger partial charge in [0.1, 0.15) is 11.9 Å². The lowest BCUT2D eigenvalue weighted by Gasteiger charge is -2.19. The number of hydrogen-bond acceptors (Lipinski definition) is 5. The van der Waals surface area contributed by atoms with Crippen molar-refractivity contribution in [3.63, 3.8) is 0 Å². The number of ether oxygens (including phenoxy) is 1. The van der Waals surface area contributed by atoms with Gasteiger partial charge in [-0.15, -0.1) is 3.89 Å². The van der Waals surface area contributed by atoms with Gasteiger partial charge >= 0.3 is 22.3 Å². The fraction of sp³-hybridized carbons (Fsp3) is 0.300. The van der Waals surface area contributed by atoms with Crippen LogP contribution in [0.2, 0.25) is 0 Å². The van der Waals surface area contributed by atoms with Gasteiger partial charge in [-0.05, 0) is 22.3 Å². The molecule has 1 aliphatic carbocycles. The molecular formula is C20H18FNO6S. The first-order valence-corrected chi connectivity index (χ1v) is 10.5. The summed E-state index contributed by atoms with van der Waals surface area (Å²) >= 11 is 0. The molecule has 0 aromatic heterocycles. The van der Waals surface area contributed by atoms with Crippen molar-refractivity contribution in [1.82, 2.24) is 4.90 Å². The van der Waals surface area contributed by atoms with Crippen LogP contribution in [0.3, 0.4) is 0 Å². The second-order valence-electron chi connectivity index (χ2n) is 7.17. The highest BCUT2D eigenvalue weighted by atomic mass is 32.3. The number of hydrogen-bond donors (Lipinski definition) is 1. The van der Waals surface area contributed by atoms with Crippen molar-refractivity contribution in [1.29, 1.82) is 0 Å². The zero-order valence-corrected chi connectivity index (χ0v) is 16.0. The number of likely N-dealkylation sites (tertiary alicyclic amines) is 1. The Morgan fingerprint density at radius 1 is 1.03 bits per heavy atom. The molecule has 152 valence electrons. The van der Waals surface area contributed by atoms with E-state index < -0.39 is 46.5 Å². The van der Waals surface area contributed by atoms with E-state index >= 15 is 0 Å². The highest BCUT2D eigenvalue weighted by molar-refractivity contribution is 7.87. The maximum atomic E-state index is 13.4. The molecule has 2 aliphatic rings. The quantitative estimate of drug-likeness (QED) is 0.765. The first-order chi connectivity index (χ1) is 13.8. The largest absolute Gasteiger partial charge is 0.481 e. The summed E-state index contributed by atoms with van der Waals surface area (Å²) in [7, 11) is -5.10. The second-order valence-corrected chi connectivity index (χ2v) is 8.72. The molecule has 1 heterocycles. The summed E-state index contributed by atoms with van der Waals surface area (Å²) in [5.74, 6) is -3.18. The lowest BCUT2D eigenvalue weighted by molar-refractivity contribution is -0.141. The fourth-order valence-electron chi connectivity index (χ4n) is 4.13. The summed E-state index contributed by atoms with van der Waals surface area (Å²) in [4.78, 5) is 24.7. The molecule has 1 saturated heterocycles. The highest BCUT2D eigenvalue weighted by Gasteiger charge is 2.47. The first kappa shape index (κ1) is 19.4. The zero-order valence-electron chi connectivity index (χ0n) is 15.2. The van der Waals surface area contributed by atoms with Crippen LogP contribution in [0.4, 0.5) is 8.68 Å². The number of fused-ring (bicyclic) bond motifs is 3. The number of carbonyl (C=O) groups excluding carboxylic acids is 1. The third kappa shape index (κ3) is 3.46. The van der Waals surface area contributed by atoms with Crippen molar-refractivity contribution in [2.24, 2.45) is 5.92 Å². The van der Waals surface area contributed by atoms with Gasteiger partial charge in [0.25, 0.3) is 0 Å². The van der Waals surface area contributed by atoms with Gasteiger partial charge in [-0.25, -0.2) is 4.79 Å². The SMILES string of the molecule is O=C(O)[C@@H]1CN(C(=O)OCC2c3ccccc3-c3ccccc32)C[C@H]1S(=O)(=O)F. The average Bonchev–Trinajstić information content (AvgIpc) is 3.27. The molecule has 0 radical (unpaired) electrons. The van der Waals surface area contributed by atoms with Gasteiger partial charge in [0.05, 0.1) is 5.92 Å². The molecule has 2 atom stereocenters. The van der Waals surface area contributed by atoms with Crippen molar-refractivity contribution in [3.05, 3.63) is 59.7 Å². The monoisotopic (exact) mass is 419 g/mol. The lowest BCUT2D eigenvalue weighted by Crippen LogP contribution is -2.32. The van der Waals surface area contributed by atoms with Crippen LogP contribution in [-0.2, 0) is 19.8 Å². The highest BCUT2D eigenvalue weighted by Crippen LogP contribution is 2.44. The van der Waals surface area contributed by atoms with Crippen LogP contribution in [0.25, 0.3) is 11.1 Å². The van der Waals surface area contributed by atoms with Crippen LogP contribution in [0, 0.1) is 5.92 Å². The number of amides is 1. The number of halogens is 1. The van der Waals surface area contributed by atoms with E-state index in [1.54, 1.807) is 0 Å². The Labute approximate surface area is 166 Å². The number of benzene rings is 2. The Kier molecular flexibility index (Phi) is 4.77. The summed E-state index contributed by atoms with van der Waals surface area (Å²) < 4.78 is 41.3. The summed E-state index contributed by atoms with van der Waals surface area (Å²) in [5.41, 5.74) is 4.13. The van der Waals surface area contributed by atoms with Gasteiger partial charge < -0.3 is 14.7 Å². The molecule has 0 unspecified atom stereocenters. The maximum absolute atomic E-state index is 13.4. The lowest BCUT2D eigenvalue weighted by atomic mass is 9.98. The number of carboxylic acid groups (broad SMARTS) is 1. The van der Waals surface area contributed by atoms with E-state index in [4.69, 9.17) is 9.84 Å². The van der Waals surface area contributed by atoms with E-state index in [-0.39, 0.29) is 12.5 Å². The molecule has 0 spiro atoms. The third-order valence-electron chi connectivity index (χ3n) is 5.54. The van der Waals surface area contributed by atoms with Gasteiger partial charge in [0.2, 0.25) is 0 Å². The molecular weight excluding hydrogens is 401 g/mol. The predicted octanol–water partition coefficient (Wildman–Crippen LogP) is 2.62. The van der Waals surface area contributed by atoms with Crippen LogP contribution in [-0.4, -0.2) is 55.4 Å². The molecule has 9 heteroatoms. The molecule has 1 aliphatic heterocycles. The van der Waals surface area contributed by atoms with E-state index in [9.17, 15) is 21.9 Å². The number of nitrogens with zero attached hydrogens (tertiary/aromatic N) is 1. The summed E-state index contributed by atoms with van der Waals surface area (Å²) in [6.07, 6.45) is -0.857. The van der Waals surface area contributed by atoms with Crippen molar-refractivity contribution in [2.45, 2.75) is 11.2 Å². The average molecular weight is 419 g/mol. The number of carbonyl (C=O) groups is 2. The minimum absolute atomic E-state index is 0.00808. The zero-order chi connectivity index (χ0) is 20.8. The third-order valence-corrected chi connectivity index (χ3v) is 6.74. The van der Waals surface area contributed by atoms with E-state index in [0.717, 1.165) is 27.2 Å². The van der Waals surface area contributed by atoms with Crippen molar-refractivity contribution in [2.75, 3.05) is 19.7 Å². The first-order valence-electron chi connectivity index (χ1n) is 9.03. The van der Waals surface area contributed by atoms with Crippen LogP contribution in [0.15, 0.2) is 48.5 Å². The number of rotatable bonds is 4. The van der Waals surface area contributed by atoms with Gasteiger partial charge in [-0.1, -0.05) is 48.5 Å². The molecule has 7 nitrogen and oxygen atoms in total. The summed E-state index contributed by atoms with van der Waals surface area (Å²) in [6.45, 7) is -0.958. The van der Waals surface area contributed by atoms with E-state index in [1.165, 1.54) is 0 Å². The minimum Gasteiger partial charge on any atom is -0.481 e.